The van der Waals surface area contributed by atoms with E-state index in [-0.39, 0.29) is 0 Å². The Kier molecular flexibility index (Phi) is 4.92. The van der Waals surface area contributed by atoms with E-state index in [4.69, 9.17) is 0 Å². The molecule has 1 aliphatic rings. The van der Waals surface area contributed by atoms with Gasteiger partial charge in [0.25, 0.3) is 0 Å². The number of amides is 3. The molecule has 6 heteroatoms. The summed E-state index contributed by atoms with van der Waals surface area (Å²) in [4.78, 5) is 37.5. The highest BCUT2D eigenvalue weighted by Gasteiger charge is 2.25. The molecule has 1 fully saturated rings. The Morgan fingerprint density at radius 3 is 2.33 bits per heavy atom. The van der Waals surface area contributed by atoms with Crippen molar-refractivity contribution < 1.29 is 14.4 Å². The Hall–Kier alpha value is -2.37. The van der Waals surface area contributed by atoms with E-state index in [0.717, 1.165) is 17.5 Å². The second-order valence-corrected chi connectivity index (χ2v) is 5.10. The summed E-state index contributed by atoms with van der Waals surface area (Å²) in [6, 6.07) is 7.76. The van der Waals surface area contributed by atoms with Crippen LogP contribution in [-0.4, -0.2) is 54.2 Å². The average molecular weight is 289 g/mol. The highest BCUT2D eigenvalue weighted by molar-refractivity contribution is 6.35. The number of rotatable bonds is 3. The minimum absolute atomic E-state index is 0.332. The van der Waals surface area contributed by atoms with Gasteiger partial charge in [-0.05, 0) is 12.5 Å². The van der Waals surface area contributed by atoms with Crippen molar-refractivity contribution in [3.63, 3.8) is 0 Å². The lowest BCUT2D eigenvalue weighted by atomic mass is 10.1. The number of carbonyl (C=O) groups excluding carboxylic acids is 3. The van der Waals surface area contributed by atoms with Gasteiger partial charge >= 0.3 is 11.8 Å². The number of aryl methyl sites for hydroxylation is 1. The molecular weight excluding hydrogens is 270 g/mol. The molecule has 0 spiro atoms. The van der Waals surface area contributed by atoms with E-state index < -0.39 is 11.8 Å². The van der Waals surface area contributed by atoms with Gasteiger partial charge in [0.1, 0.15) is 0 Å². The van der Waals surface area contributed by atoms with Crippen LogP contribution in [-0.2, 0) is 20.9 Å². The molecule has 3 amide bonds. The molecule has 1 aliphatic heterocycles. The summed E-state index contributed by atoms with van der Waals surface area (Å²) in [7, 11) is 0. The molecule has 1 N–H and O–H groups in total. The van der Waals surface area contributed by atoms with Crippen LogP contribution in [0, 0.1) is 6.92 Å². The topological polar surface area (TPSA) is 69.7 Å². The van der Waals surface area contributed by atoms with Crippen molar-refractivity contribution >= 4 is 18.2 Å². The maximum Gasteiger partial charge on any atom is 0.312 e. The van der Waals surface area contributed by atoms with Gasteiger partial charge in [-0.1, -0.05) is 29.8 Å². The van der Waals surface area contributed by atoms with E-state index in [1.165, 1.54) is 4.90 Å². The molecule has 1 aromatic rings. The van der Waals surface area contributed by atoms with E-state index in [2.05, 4.69) is 5.32 Å². The largest absolute Gasteiger partial charge is 0.344 e. The monoisotopic (exact) mass is 289 g/mol. The highest BCUT2D eigenvalue weighted by atomic mass is 16.2. The Morgan fingerprint density at radius 1 is 1.14 bits per heavy atom. The van der Waals surface area contributed by atoms with E-state index in [1.807, 2.05) is 31.2 Å². The van der Waals surface area contributed by atoms with Crippen molar-refractivity contribution in [1.29, 1.82) is 0 Å². The molecule has 0 radical (unpaired) electrons. The van der Waals surface area contributed by atoms with Crippen LogP contribution in [0.2, 0.25) is 0 Å². The molecule has 0 aliphatic carbocycles. The van der Waals surface area contributed by atoms with Gasteiger partial charge in [0, 0.05) is 32.7 Å². The van der Waals surface area contributed by atoms with Crippen LogP contribution < -0.4 is 5.32 Å². The lowest BCUT2D eigenvalue weighted by molar-refractivity contribution is -0.147. The van der Waals surface area contributed by atoms with Crippen molar-refractivity contribution in [2.75, 3.05) is 26.2 Å². The SMILES string of the molecule is Cc1ccc(CNC(=O)C(=O)N2CCN(C=O)CC2)cc1. The molecule has 6 nitrogen and oxygen atoms in total. The zero-order chi connectivity index (χ0) is 15.2. The molecule has 0 aromatic heterocycles. The van der Waals surface area contributed by atoms with Crippen molar-refractivity contribution in [3.05, 3.63) is 35.4 Å². The molecule has 1 aromatic carbocycles. The molecule has 0 unspecified atom stereocenters. The summed E-state index contributed by atoms with van der Waals surface area (Å²) in [6.45, 7) is 4.07. The van der Waals surface area contributed by atoms with Crippen molar-refractivity contribution in [1.82, 2.24) is 15.1 Å². The third-order valence-electron chi connectivity index (χ3n) is 3.52. The van der Waals surface area contributed by atoms with Gasteiger partial charge in [-0.15, -0.1) is 0 Å². The van der Waals surface area contributed by atoms with Gasteiger partial charge in [0.2, 0.25) is 6.41 Å². The Labute approximate surface area is 123 Å². The molecule has 1 saturated heterocycles. The number of hydrogen-bond donors (Lipinski definition) is 1. The van der Waals surface area contributed by atoms with E-state index in [0.29, 0.717) is 32.7 Å². The first-order chi connectivity index (χ1) is 10.1. The van der Waals surface area contributed by atoms with Crippen LogP contribution in [0.5, 0.6) is 0 Å². The van der Waals surface area contributed by atoms with Crippen LogP contribution in [0.15, 0.2) is 24.3 Å². The van der Waals surface area contributed by atoms with Crippen LogP contribution in [0.1, 0.15) is 11.1 Å². The first kappa shape index (κ1) is 15.0. The first-order valence-corrected chi connectivity index (χ1v) is 6.92. The summed E-state index contributed by atoms with van der Waals surface area (Å²) in [6.07, 6.45) is 0.763. The number of nitrogens with zero attached hydrogens (tertiary/aromatic N) is 2. The summed E-state index contributed by atoms with van der Waals surface area (Å²) in [5.74, 6) is -1.14. The number of hydrogen-bond acceptors (Lipinski definition) is 3. The van der Waals surface area contributed by atoms with Crippen molar-refractivity contribution in [2.24, 2.45) is 0 Å². The third kappa shape index (κ3) is 4.05. The van der Waals surface area contributed by atoms with Crippen molar-refractivity contribution in [2.45, 2.75) is 13.5 Å². The maximum atomic E-state index is 12.0. The Bertz CT molecular complexity index is 519. The molecule has 112 valence electrons. The molecular formula is C15H19N3O3. The third-order valence-corrected chi connectivity index (χ3v) is 3.52. The molecule has 0 saturated carbocycles. The van der Waals surface area contributed by atoms with E-state index >= 15 is 0 Å². The highest BCUT2D eigenvalue weighted by Crippen LogP contribution is 2.03. The van der Waals surface area contributed by atoms with E-state index in [1.54, 1.807) is 4.90 Å². The lowest BCUT2D eigenvalue weighted by Crippen LogP contribution is -2.52. The standard InChI is InChI=1S/C15H19N3O3/c1-12-2-4-13(5-3-12)10-16-14(20)15(21)18-8-6-17(11-19)7-9-18/h2-5,11H,6-10H2,1H3,(H,16,20). The number of nitrogens with one attached hydrogen (secondary N) is 1. The summed E-state index contributed by atoms with van der Waals surface area (Å²) >= 11 is 0. The zero-order valence-electron chi connectivity index (χ0n) is 12.0. The fourth-order valence-corrected chi connectivity index (χ4v) is 2.14. The Morgan fingerprint density at radius 2 is 1.76 bits per heavy atom. The molecule has 0 atom stereocenters. The number of carbonyl (C=O) groups is 3. The molecule has 21 heavy (non-hydrogen) atoms. The minimum atomic E-state index is -0.602. The predicted octanol–water partition coefficient (Wildman–Crippen LogP) is -0.0882. The van der Waals surface area contributed by atoms with Crippen LogP contribution in [0.4, 0.5) is 0 Å². The molecule has 0 bridgehead atoms. The fraction of sp³-hybridized carbons (Fsp3) is 0.400. The number of benzene rings is 1. The van der Waals surface area contributed by atoms with E-state index in [9.17, 15) is 14.4 Å². The Balaban J connectivity index is 1.81. The molecule has 2 rings (SSSR count). The minimum Gasteiger partial charge on any atom is -0.344 e. The maximum absolute atomic E-state index is 12.0. The van der Waals surface area contributed by atoms with Crippen LogP contribution >= 0.6 is 0 Å². The smallest absolute Gasteiger partial charge is 0.312 e. The van der Waals surface area contributed by atoms with Gasteiger partial charge < -0.3 is 15.1 Å². The van der Waals surface area contributed by atoms with Crippen molar-refractivity contribution in [3.8, 4) is 0 Å². The van der Waals surface area contributed by atoms with Crippen LogP contribution in [0.25, 0.3) is 0 Å². The van der Waals surface area contributed by atoms with Gasteiger partial charge in [0.05, 0.1) is 0 Å². The predicted molar refractivity (Wildman–Crippen MR) is 77.2 cm³/mol. The molecule has 1 heterocycles. The second kappa shape index (κ2) is 6.88. The summed E-state index contributed by atoms with van der Waals surface area (Å²) in [5, 5.41) is 2.63. The average Bonchev–Trinajstić information content (AvgIpc) is 2.53. The van der Waals surface area contributed by atoms with Gasteiger partial charge in [-0.2, -0.15) is 0 Å². The quantitative estimate of drug-likeness (QED) is 0.624. The van der Waals surface area contributed by atoms with Crippen LogP contribution in [0.3, 0.4) is 0 Å². The number of piperazine rings is 1. The summed E-state index contributed by atoms with van der Waals surface area (Å²) in [5.41, 5.74) is 2.10. The first-order valence-electron chi connectivity index (χ1n) is 6.92. The van der Waals surface area contributed by atoms with Gasteiger partial charge in [-0.3, -0.25) is 14.4 Å². The normalized spacial score (nSPS) is 14.7. The lowest BCUT2D eigenvalue weighted by Gasteiger charge is -2.31. The summed E-state index contributed by atoms with van der Waals surface area (Å²) < 4.78 is 0. The van der Waals surface area contributed by atoms with Gasteiger partial charge in [0.15, 0.2) is 0 Å². The second-order valence-electron chi connectivity index (χ2n) is 5.10. The zero-order valence-corrected chi connectivity index (χ0v) is 12.0. The van der Waals surface area contributed by atoms with Gasteiger partial charge in [-0.25, -0.2) is 0 Å². The fourth-order valence-electron chi connectivity index (χ4n) is 2.14.